The summed E-state index contributed by atoms with van der Waals surface area (Å²) in [7, 11) is -4.31. The van der Waals surface area contributed by atoms with Crippen molar-refractivity contribution in [2.45, 2.75) is 73.1 Å². The molecule has 0 aliphatic heterocycles. The van der Waals surface area contributed by atoms with Crippen LogP contribution in [0.1, 0.15) is 73.1 Å². The number of nitrogens with zero attached hydrogens (tertiary/aromatic N) is 1. The van der Waals surface area contributed by atoms with Gasteiger partial charge in [-0.1, -0.05) is 60.5 Å². The second-order valence-corrected chi connectivity index (χ2v) is 10.8. The molecule has 1 atom stereocenters. The summed E-state index contributed by atoms with van der Waals surface area (Å²) >= 11 is 0. The molecule has 0 saturated heterocycles. The normalized spacial score (nSPS) is 19.3. The number of aliphatic hydroxyl groups is 1. The van der Waals surface area contributed by atoms with Crippen molar-refractivity contribution < 1.29 is 28.5 Å². The van der Waals surface area contributed by atoms with Crippen molar-refractivity contribution in [1.29, 1.82) is 0 Å². The fraction of sp³-hybridized carbons (Fsp3) is 0.593. The van der Waals surface area contributed by atoms with Crippen LogP contribution in [0, 0.1) is 5.41 Å². The number of phosphoric ester groups is 1. The van der Waals surface area contributed by atoms with Gasteiger partial charge in [0.25, 0.3) is 7.82 Å². The van der Waals surface area contributed by atoms with Crippen molar-refractivity contribution in [2.75, 3.05) is 26.4 Å². The zero-order valence-corrected chi connectivity index (χ0v) is 22.9. The lowest BCUT2D eigenvalue weighted by molar-refractivity contribution is -0.226. The molecule has 0 spiro atoms. The number of phosphoric acid groups is 1. The summed E-state index contributed by atoms with van der Waals surface area (Å²) in [4.78, 5) is 16.5. The van der Waals surface area contributed by atoms with Gasteiger partial charge in [-0.15, -0.1) is 0 Å². The van der Waals surface area contributed by atoms with Gasteiger partial charge in [-0.25, -0.2) is 0 Å². The van der Waals surface area contributed by atoms with E-state index in [0.717, 1.165) is 18.4 Å². The van der Waals surface area contributed by atoms with Crippen molar-refractivity contribution in [3.8, 4) is 0 Å². The minimum Gasteiger partial charge on any atom is -0.756 e. The summed E-state index contributed by atoms with van der Waals surface area (Å²) < 4.78 is 20.4. The topological polar surface area (TPSA) is 100 Å². The highest BCUT2D eigenvalue weighted by atomic mass is 31.2. The molecule has 0 fully saturated rings. The predicted octanol–water partition coefficient (Wildman–Crippen LogP) is 6.18. The first kappa shape index (κ1) is 31.3. The number of rotatable bonds is 16. The molecule has 0 radical (unpaired) electrons. The maximum atomic E-state index is 11.3. The van der Waals surface area contributed by atoms with Crippen LogP contribution in [-0.2, 0) is 18.5 Å². The second-order valence-electron chi connectivity index (χ2n) is 9.43. The molecule has 0 aromatic heterocycles. The van der Waals surface area contributed by atoms with Crippen LogP contribution in [0.2, 0.25) is 0 Å². The Morgan fingerprint density at radius 3 is 2.49 bits per heavy atom. The van der Waals surface area contributed by atoms with Crippen LogP contribution < -0.4 is 4.89 Å². The number of aliphatic hydroxyl groups excluding tert-OH is 1. The zero-order valence-electron chi connectivity index (χ0n) is 22.0. The number of allylic oxidation sites excluding steroid dienone is 10. The Morgan fingerprint density at radius 2 is 1.77 bits per heavy atom. The molecular weight excluding hydrogens is 465 g/mol. The molecule has 7 nitrogen and oxygen atoms in total. The zero-order chi connectivity index (χ0) is 26.2. The van der Waals surface area contributed by atoms with Crippen molar-refractivity contribution in [2.24, 2.45) is 10.6 Å². The van der Waals surface area contributed by atoms with E-state index in [1.54, 1.807) is 6.21 Å². The molecule has 1 aliphatic rings. The molecule has 0 heterocycles. The molecule has 1 unspecified atom stereocenters. The molecule has 198 valence electrons. The Bertz CT molecular complexity index is 867. The summed E-state index contributed by atoms with van der Waals surface area (Å²) in [6, 6.07) is 0. The van der Waals surface area contributed by atoms with E-state index in [9.17, 15) is 9.46 Å². The fourth-order valence-electron chi connectivity index (χ4n) is 3.74. The van der Waals surface area contributed by atoms with Gasteiger partial charge < -0.3 is 23.9 Å². The maximum Gasteiger partial charge on any atom is 0.267 e. The quantitative estimate of drug-likeness (QED) is 0.0878. The van der Waals surface area contributed by atoms with E-state index < -0.39 is 7.82 Å². The van der Waals surface area contributed by atoms with Crippen LogP contribution in [0.5, 0.6) is 0 Å². The Balaban J connectivity index is 2.28. The van der Waals surface area contributed by atoms with E-state index in [-0.39, 0.29) is 25.2 Å². The average Bonchev–Trinajstić information content (AvgIpc) is 2.78. The van der Waals surface area contributed by atoms with Gasteiger partial charge in [-0.3, -0.25) is 4.57 Å². The molecule has 1 N–H and O–H groups in total. The van der Waals surface area contributed by atoms with Crippen LogP contribution in [0.4, 0.5) is 0 Å². The van der Waals surface area contributed by atoms with E-state index >= 15 is 0 Å². The molecule has 0 saturated carbocycles. The average molecular weight is 509 g/mol. The summed E-state index contributed by atoms with van der Waals surface area (Å²) in [5, 5.41) is 12.5. The molecule has 0 aromatic carbocycles. The standard InChI is InChI=1S/C27H44NO6P/c1-23(14-15-26-25(3)13-10-17-27(26,4)5)11-9-12-24(2)16-18-28-32-20-7-6-8-21-33-35(30,31)34-22-19-29/h9,11-12,14-16,18,29H,6-8,10,13,17,19-22H2,1-5H3,(H,30,31)/p-1/b12-9+,15-14+,23-11+,24-16+,28-18?. The minimum atomic E-state index is -4.31. The number of unbranched alkanes of at least 4 members (excludes halogenated alkanes) is 2. The largest absolute Gasteiger partial charge is 0.756 e. The number of hydrogen-bond donors (Lipinski definition) is 1. The molecule has 0 amide bonds. The van der Waals surface area contributed by atoms with Gasteiger partial charge in [0.05, 0.1) is 26.0 Å². The minimum absolute atomic E-state index is 0.0446. The Labute approximate surface area is 211 Å². The SMILES string of the molecule is CC1=C(/C=C/C(C)=C/C=C/C(C)=C/C=NOCCCCCOP(=O)([O-])OCCO)C(C)(C)CCC1. The van der Waals surface area contributed by atoms with Gasteiger partial charge in [0, 0.05) is 0 Å². The molecule has 1 rings (SSSR count). The van der Waals surface area contributed by atoms with Crippen LogP contribution in [-0.4, -0.2) is 37.7 Å². The first-order valence-corrected chi connectivity index (χ1v) is 13.8. The van der Waals surface area contributed by atoms with Crippen LogP contribution in [0.3, 0.4) is 0 Å². The van der Waals surface area contributed by atoms with Gasteiger partial charge in [-0.2, -0.15) is 0 Å². The number of hydrogen-bond acceptors (Lipinski definition) is 7. The first-order chi connectivity index (χ1) is 16.6. The fourth-order valence-corrected chi connectivity index (χ4v) is 4.48. The van der Waals surface area contributed by atoms with Gasteiger partial charge in [0.2, 0.25) is 0 Å². The predicted molar refractivity (Wildman–Crippen MR) is 141 cm³/mol. The highest BCUT2D eigenvalue weighted by Crippen LogP contribution is 2.41. The monoisotopic (exact) mass is 508 g/mol. The third kappa shape index (κ3) is 14.4. The molecule has 1 aliphatic carbocycles. The maximum absolute atomic E-state index is 11.3. The van der Waals surface area contributed by atoms with Crippen LogP contribution >= 0.6 is 7.82 Å². The lowest BCUT2D eigenvalue weighted by atomic mass is 9.72. The van der Waals surface area contributed by atoms with Gasteiger partial charge >= 0.3 is 0 Å². The Morgan fingerprint density at radius 1 is 1.09 bits per heavy atom. The molecular formula is C27H43NO6P-. The van der Waals surface area contributed by atoms with E-state index in [0.29, 0.717) is 13.0 Å². The highest BCUT2D eigenvalue weighted by molar-refractivity contribution is 7.45. The lowest BCUT2D eigenvalue weighted by Crippen LogP contribution is -2.19. The Hall–Kier alpha value is -1.76. The van der Waals surface area contributed by atoms with E-state index in [1.165, 1.54) is 36.0 Å². The Kier molecular flexibility index (Phi) is 15.0. The summed E-state index contributed by atoms with van der Waals surface area (Å²) in [5.74, 6) is 0. The van der Waals surface area contributed by atoms with Crippen LogP contribution in [0.25, 0.3) is 0 Å². The van der Waals surface area contributed by atoms with E-state index in [1.807, 2.05) is 25.2 Å². The molecule has 8 heteroatoms. The lowest BCUT2D eigenvalue weighted by Gasteiger charge is -2.32. The van der Waals surface area contributed by atoms with Crippen molar-refractivity contribution in [3.63, 3.8) is 0 Å². The molecule has 0 bridgehead atoms. The van der Waals surface area contributed by atoms with E-state index in [4.69, 9.17) is 9.94 Å². The van der Waals surface area contributed by atoms with Gasteiger partial charge in [0.15, 0.2) is 0 Å². The third-order valence-corrected chi connectivity index (χ3v) is 6.71. The van der Waals surface area contributed by atoms with Crippen molar-refractivity contribution in [1.82, 2.24) is 0 Å². The van der Waals surface area contributed by atoms with Crippen LogP contribution in [0.15, 0.2) is 63.9 Å². The number of oxime groups is 1. The van der Waals surface area contributed by atoms with Crippen molar-refractivity contribution >= 4 is 14.0 Å². The van der Waals surface area contributed by atoms with E-state index in [2.05, 4.69) is 60.1 Å². The smallest absolute Gasteiger partial charge is 0.267 e. The van der Waals surface area contributed by atoms with Gasteiger partial charge in [-0.05, 0) is 81.9 Å². The second kappa shape index (κ2) is 16.8. The highest BCUT2D eigenvalue weighted by Gasteiger charge is 2.26. The summed E-state index contributed by atoms with van der Waals surface area (Å²) in [5.41, 5.74) is 5.49. The first-order valence-electron chi connectivity index (χ1n) is 12.3. The van der Waals surface area contributed by atoms with Gasteiger partial charge in [0.1, 0.15) is 6.61 Å². The molecule has 35 heavy (non-hydrogen) atoms. The van der Waals surface area contributed by atoms with Crippen molar-refractivity contribution in [3.05, 3.63) is 58.7 Å². The summed E-state index contributed by atoms with van der Waals surface area (Å²) in [6.45, 7) is 10.8. The molecule has 0 aromatic rings. The summed E-state index contributed by atoms with van der Waals surface area (Å²) in [6.07, 6.45) is 19.9. The third-order valence-electron chi connectivity index (χ3n) is 5.72.